The average Bonchev–Trinajstić information content (AvgIpc) is 3.05. The monoisotopic (exact) mass is 466 g/mol. The van der Waals surface area contributed by atoms with Crippen molar-refractivity contribution >= 4 is 31.7 Å². The predicted octanol–water partition coefficient (Wildman–Crippen LogP) is 7.97. The molecule has 0 amide bonds. The van der Waals surface area contributed by atoms with Gasteiger partial charge in [-0.25, -0.2) is 0 Å². The van der Waals surface area contributed by atoms with E-state index in [9.17, 15) is 0 Å². The Kier molecular flexibility index (Phi) is 19.2. The third kappa shape index (κ3) is 17.4. The summed E-state index contributed by atoms with van der Waals surface area (Å²) in [4.78, 5) is 0. The first-order valence-electron chi connectivity index (χ1n) is 11.9. The van der Waals surface area contributed by atoms with Crippen molar-refractivity contribution in [2.24, 2.45) is 0 Å². The van der Waals surface area contributed by atoms with Gasteiger partial charge in [-0.3, -0.25) is 0 Å². The van der Waals surface area contributed by atoms with Crippen LogP contribution in [0, 0.1) is 0 Å². The average molecular weight is 467 g/mol. The van der Waals surface area contributed by atoms with Gasteiger partial charge in [0, 0.05) is 0 Å². The fourth-order valence-corrected chi connectivity index (χ4v) is 10.2. The maximum absolute atomic E-state index is 5.16. The molecule has 0 unspecified atom stereocenters. The van der Waals surface area contributed by atoms with Crippen LogP contribution >= 0.6 is 31.7 Å². The Hall–Kier alpha value is 1.68. The second kappa shape index (κ2) is 19.4. The van der Waals surface area contributed by atoms with E-state index < -0.39 is 0 Å². The first-order valence-corrected chi connectivity index (χ1v) is 20.5. The van der Waals surface area contributed by atoms with Crippen molar-refractivity contribution < 1.29 is 4.74 Å². The summed E-state index contributed by atoms with van der Waals surface area (Å²) in [5, 5.41) is 0. The lowest BCUT2D eigenvalue weighted by molar-refractivity contribution is 0.158. The molecule has 4 rings (SSSR count). The van der Waals surface area contributed by atoms with Gasteiger partial charge >= 0.3 is 0 Å². The molecule has 4 aliphatic heterocycles. The Morgan fingerprint density at radius 3 is 0.893 bits per heavy atom. The molecule has 0 aromatic rings. The highest BCUT2D eigenvalue weighted by Gasteiger charge is 2.07. The minimum atomic E-state index is 0.383. The molecule has 0 bridgehead atoms. The van der Waals surface area contributed by atoms with Crippen LogP contribution in [0.2, 0.25) is 0 Å². The smallest absolute Gasteiger partial charge is 0.0505 e. The van der Waals surface area contributed by atoms with E-state index in [1.165, 1.54) is 70.1 Å². The number of hydrogen-bond acceptors (Lipinski definition) is 1. The van der Waals surface area contributed by atoms with Crippen LogP contribution in [0.1, 0.15) is 57.8 Å². The maximum Gasteiger partial charge on any atom is 0.0505 e. The van der Waals surface area contributed by atoms with Gasteiger partial charge in [0.05, 0.1) is 13.2 Å². The lowest BCUT2D eigenvalue weighted by Crippen LogP contribution is -2.11. The summed E-state index contributed by atoms with van der Waals surface area (Å²) in [6.07, 6.45) is 25.6. The summed E-state index contributed by atoms with van der Waals surface area (Å²) in [7, 11) is 1.91. The largest absolute Gasteiger partial charge is 0.381 e. The fraction of sp³-hybridized carbons (Fsp3) is 1.00. The normalized spacial score (nSPS) is 25.3. The predicted molar refractivity (Wildman–Crippen MR) is 143 cm³/mol. The van der Waals surface area contributed by atoms with E-state index >= 15 is 0 Å². The van der Waals surface area contributed by atoms with Crippen LogP contribution in [0.3, 0.4) is 0 Å². The van der Waals surface area contributed by atoms with Crippen molar-refractivity contribution in [1.82, 2.24) is 0 Å². The molecule has 0 atom stereocenters. The molecule has 4 heterocycles. The SMILES string of the molecule is CP1CCCC1.CP1CCCCC1.CP1CCCCCC1.CP1CCOCC1. The van der Waals surface area contributed by atoms with E-state index in [0.717, 1.165) is 13.2 Å². The molecule has 0 saturated carbocycles. The quantitative estimate of drug-likeness (QED) is 0.329. The second-order valence-corrected chi connectivity index (χ2v) is 19.4. The van der Waals surface area contributed by atoms with E-state index in [1.54, 1.807) is 37.0 Å². The molecule has 4 saturated heterocycles. The van der Waals surface area contributed by atoms with Gasteiger partial charge in [0.25, 0.3) is 0 Å². The topological polar surface area (TPSA) is 9.23 Å². The summed E-state index contributed by atoms with van der Waals surface area (Å²) in [6, 6.07) is 0. The van der Waals surface area contributed by atoms with Gasteiger partial charge in [-0.1, -0.05) is 19.3 Å². The Morgan fingerprint density at radius 2 is 0.607 bits per heavy atom. The molecule has 4 fully saturated rings. The molecule has 0 aromatic heterocycles. The summed E-state index contributed by atoms with van der Waals surface area (Å²) in [5.41, 5.74) is 0. The highest BCUT2D eigenvalue weighted by atomic mass is 31.1. The molecule has 5 heteroatoms. The molecule has 0 N–H and O–H groups in total. The van der Waals surface area contributed by atoms with Crippen LogP contribution in [-0.2, 0) is 4.74 Å². The maximum atomic E-state index is 5.16. The van der Waals surface area contributed by atoms with Gasteiger partial charge < -0.3 is 4.74 Å². The van der Waals surface area contributed by atoms with Crippen molar-refractivity contribution in [3.63, 3.8) is 0 Å². The van der Waals surface area contributed by atoms with Gasteiger partial charge in [0.15, 0.2) is 0 Å². The first-order chi connectivity index (χ1) is 13.6. The molecule has 28 heavy (non-hydrogen) atoms. The summed E-state index contributed by atoms with van der Waals surface area (Å²) in [5.74, 6) is 0. The standard InChI is InChI=1S/C7H15P.C6H13P.C5H11OP.C5H11P/c1-8-6-4-2-3-5-7-8;1-7-5-3-2-4-6-7;1-7-4-2-6-3-5-7;1-6-4-2-3-5-6/h2-7H2,1H3;2-6H2,1H3;2-5H2,1H3;2-5H2,1H3. The molecule has 0 aromatic carbocycles. The lowest BCUT2D eigenvalue weighted by Gasteiger charge is -2.17. The number of hydrogen-bond donors (Lipinski definition) is 0. The van der Waals surface area contributed by atoms with Crippen LogP contribution < -0.4 is 0 Å². The van der Waals surface area contributed by atoms with Crippen molar-refractivity contribution in [3.8, 4) is 0 Å². The van der Waals surface area contributed by atoms with Crippen molar-refractivity contribution in [2.45, 2.75) is 57.8 Å². The van der Waals surface area contributed by atoms with Crippen LogP contribution in [0.5, 0.6) is 0 Å². The van der Waals surface area contributed by atoms with Crippen LogP contribution in [0.25, 0.3) is 0 Å². The zero-order valence-electron chi connectivity index (χ0n) is 19.6. The third-order valence-corrected chi connectivity index (χ3v) is 14.3. The van der Waals surface area contributed by atoms with Crippen LogP contribution in [0.15, 0.2) is 0 Å². The van der Waals surface area contributed by atoms with Crippen LogP contribution in [0.4, 0.5) is 0 Å². The third-order valence-electron chi connectivity index (χ3n) is 5.97. The lowest BCUT2D eigenvalue weighted by atomic mass is 10.2. The summed E-state index contributed by atoms with van der Waals surface area (Å²) in [6.45, 7) is 11.7. The van der Waals surface area contributed by atoms with E-state index in [2.05, 4.69) is 26.7 Å². The van der Waals surface area contributed by atoms with E-state index in [1.807, 2.05) is 0 Å². The Balaban J connectivity index is 0.000000188. The van der Waals surface area contributed by atoms with Crippen LogP contribution in [-0.4, -0.2) is 89.2 Å². The summed E-state index contributed by atoms with van der Waals surface area (Å²) >= 11 is 0. The zero-order chi connectivity index (χ0) is 20.5. The molecule has 0 aliphatic carbocycles. The molecular formula is C23H50OP4. The minimum Gasteiger partial charge on any atom is -0.381 e. The van der Waals surface area contributed by atoms with E-state index in [0.29, 0.717) is 31.7 Å². The van der Waals surface area contributed by atoms with Crippen molar-refractivity contribution in [2.75, 3.05) is 89.2 Å². The second-order valence-electron chi connectivity index (χ2n) is 9.01. The first kappa shape index (κ1) is 27.7. The summed E-state index contributed by atoms with van der Waals surface area (Å²) < 4.78 is 5.16. The fourth-order valence-electron chi connectivity index (χ4n) is 3.81. The highest BCUT2D eigenvalue weighted by molar-refractivity contribution is 7.57. The molecule has 4 aliphatic rings. The minimum absolute atomic E-state index is 0.383. The van der Waals surface area contributed by atoms with E-state index in [-0.39, 0.29) is 0 Å². The molecule has 1 nitrogen and oxygen atoms in total. The number of rotatable bonds is 0. The molecule has 0 radical (unpaired) electrons. The van der Waals surface area contributed by atoms with Crippen molar-refractivity contribution in [1.29, 1.82) is 0 Å². The Bertz CT molecular complexity index is 301. The van der Waals surface area contributed by atoms with Gasteiger partial charge in [-0.05, 0) is 114 Å². The molecule has 0 spiro atoms. The van der Waals surface area contributed by atoms with E-state index in [4.69, 9.17) is 4.74 Å². The Morgan fingerprint density at radius 1 is 0.357 bits per heavy atom. The molecular weight excluding hydrogens is 416 g/mol. The molecule has 168 valence electrons. The number of ether oxygens (including phenoxy) is 1. The zero-order valence-corrected chi connectivity index (χ0v) is 23.2. The van der Waals surface area contributed by atoms with Gasteiger partial charge in [0.1, 0.15) is 0 Å². The van der Waals surface area contributed by atoms with Crippen molar-refractivity contribution in [3.05, 3.63) is 0 Å². The highest BCUT2D eigenvalue weighted by Crippen LogP contribution is 2.38. The van der Waals surface area contributed by atoms with Gasteiger partial charge in [-0.15, -0.1) is 31.7 Å². The van der Waals surface area contributed by atoms with Gasteiger partial charge in [-0.2, -0.15) is 0 Å². The Labute approximate surface area is 183 Å². The van der Waals surface area contributed by atoms with Gasteiger partial charge in [0.2, 0.25) is 0 Å².